The predicted molar refractivity (Wildman–Crippen MR) is 56.0 cm³/mol. The second-order valence-electron chi connectivity index (χ2n) is 3.54. The maximum Gasteiger partial charge on any atom is -0.0317 e. The van der Waals surface area contributed by atoms with Crippen molar-refractivity contribution in [1.29, 1.82) is 0 Å². The van der Waals surface area contributed by atoms with Crippen LogP contribution in [0.3, 0.4) is 0 Å². The van der Waals surface area contributed by atoms with Crippen LogP contribution in [0.2, 0.25) is 0 Å². The van der Waals surface area contributed by atoms with Crippen LogP contribution < -0.4 is 0 Å². The monoisotopic (exact) mass is 165 g/mol. The molecule has 0 rings (SSSR count). The third-order valence-corrected chi connectivity index (χ3v) is 1.92. The van der Waals surface area contributed by atoms with Crippen molar-refractivity contribution >= 4 is 0 Å². The largest absolute Gasteiger partial charge is 0.0856 e. The molecule has 0 saturated heterocycles. The first-order valence-corrected chi connectivity index (χ1v) is 4.90. The first-order chi connectivity index (χ1) is 5.66. The highest BCUT2D eigenvalue weighted by molar-refractivity contribution is 4.98. The van der Waals surface area contributed by atoms with Crippen molar-refractivity contribution in [2.75, 3.05) is 0 Å². The van der Waals surface area contributed by atoms with Crippen LogP contribution in [-0.2, 0) is 0 Å². The van der Waals surface area contributed by atoms with E-state index in [1.807, 2.05) is 6.92 Å². The number of hydrogen-bond donors (Lipinski definition) is 0. The minimum absolute atomic E-state index is 1.05. The molecule has 0 heteroatoms. The fourth-order valence-electron chi connectivity index (χ4n) is 1.14. The molecule has 0 aliphatic carbocycles. The molecule has 0 aromatic rings. The van der Waals surface area contributed by atoms with E-state index in [1.165, 1.54) is 31.3 Å². The molecule has 0 bridgehead atoms. The fraction of sp³-hybridized carbons (Fsp3) is 0.667. The molecule has 0 heterocycles. The molecule has 0 nitrogen and oxygen atoms in total. The number of hydrogen-bond acceptors (Lipinski definition) is 0. The third-order valence-electron chi connectivity index (χ3n) is 1.92. The fourth-order valence-corrected chi connectivity index (χ4v) is 1.14. The summed E-state index contributed by atoms with van der Waals surface area (Å²) >= 11 is 0. The molecule has 0 aliphatic rings. The van der Waals surface area contributed by atoms with Crippen molar-refractivity contribution in [1.82, 2.24) is 0 Å². The van der Waals surface area contributed by atoms with E-state index in [0.717, 1.165) is 12.0 Å². The zero-order chi connectivity index (χ0) is 9.40. The Morgan fingerprint density at radius 3 is 2.42 bits per heavy atom. The summed E-state index contributed by atoms with van der Waals surface area (Å²) in [6.45, 7) is 12.0. The third kappa shape index (κ3) is 7.59. The molecule has 0 aromatic carbocycles. The maximum atomic E-state index is 5.58. The van der Waals surface area contributed by atoms with Crippen molar-refractivity contribution in [2.24, 2.45) is 0 Å². The van der Waals surface area contributed by atoms with E-state index in [-0.39, 0.29) is 0 Å². The summed E-state index contributed by atoms with van der Waals surface area (Å²) in [7, 11) is 0. The molecule has 0 unspecified atom stereocenters. The summed E-state index contributed by atoms with van der Waals surface area (Å²) in [5.74, 6) is 0. The molecule has 0 saturated carbocycles. The molecule has 0 aromatic heterocycles. The van der Waals surface area contributed by atoms with Crippen molar-refractivity contribution in [2.45, 2.75) is 52.9 Å². The van der Waals surface area contributed by atoms with Gasteiger partial charge in [0.25, 0.3) is 0 Å². The highest BCUT2D eigenvalue weighted by atomic mass is 14.0. The van der Waals surface area contributed by atoms with Gasteiger partial charge in [-0.05, 0) is 39.5 Å². The minimum atomic E-state index is 1.05. The Morgan fingerprint density at radius 2 is 1.92 bits per heavy atom. The quantitative estimate of drug-likeness (QED) is 0.515. The Kier molecular flexibility index (Phi) is 6.84. The lowest BCUT2D eigenvalue weighted by molar-refractivity contribution is 0.796. The Balaban J connectivity index is 3.42. The van der Waals surface area contributed by atoms with Crippen LogP contribution in [0.5, 0.6) is 0 Å². The van der Waals surface area contributed by atoms with Crippen molar-refractivity contribution in [3.63, 3.8) is 0 Å². The van der Waals surface area contributed by atoms with Crippen LogP contribution in [0.15, 0.2) is 17.2 Å². The second-order valence-corrected chi connectivity index (χ2v) is 3.54. The van der Waals surface area contributed by atoms with E-state index < -0.39 is 0 Å². The number of unbranched alkanes of at least 4 members (excludes halogenated alkanes) is 1. The van der Waals surface area contributed by atoms with Crippen LogP contribution in [0.4, 0.5) is 0 Å². The summed E-state index contributed by atoms with van der Waals surface area (Å²) in [5.41, 5.74) is 2.57. The van der Waals surface area contributed by atoms with Crippen molar-refractivity contribution < 1.29 is 0 Å². The summed E-state index contributed by atoms with van der Waals surface area (Å²) in [6, 6.07) is 0. The molecular weight excluding hydrogens is 144 g/mol. The highest BCUT2D eigenvalue weighted by Gasteiger charge is 1.91. The molecule has 0 fully saturated rings. The Labute approximate surface area is 77.4 Å². The molecular formula is C12H21. The first-order valence-electron chi connectivity index (χ1n) is 4.90. The van der Waals surface area contributed by atoms with Crippen LogP contribution >= 0.6 is 0 Å². The van der Waals surface area contributed by atoms with E-state index in [2.05, 4.69) is 19.9 Å². The van der Waals surface area contributed by atoms with Crippen LogP contribution in [0, 0.1) is 6.58 Å². The molecule has 0 aliphatic heterocycles. The van der Waals surface area contributed by atoms with E-state index >= 15 is 0 Å². The lowest BCUT2D eigenvalue weighted by Gasteiger charge is -2.00. The minimum Gasteiger partial charge on any atom is -0.0856 e. The van der Waals surface area contributed by atoms with E-state index in [1.54, 1.807) is 0 Å². The van der Waals surface area contributed by atoms with Gasteiger partial charge in [0, 0.05) is 0 Å². The number of rotatable bonds is 6. The summed E-state index contributed by atoms with van der Waals surface area (Å²) in [6.07, 6.45) is 8.28. The SMILES string of the molecule is [CH]=C(C)CCCC(C)=CCCC. The van der Waals surface area contributed by atoms with Crippen molar-refractivity contribution in [3.8, 4) is 0 Å². The van der Waals surface area contributed by atoms with E-state index in [0.29, 0.717) is 0 Å². The average Bonchev–Trinajstić information content (AvgIpc) is 2.00. The van der Waals surface area contributed by atoms with Crippen LogP contribution in [0.1, 0.15) is 52.9 Å². The van der Waals surface area contributed by atoms with Gasteiger partial charge in [-0.15, -0.1) is 0 Å². The Bertz CT molecular complexity index is 151. The Hall–Kier alpha value is -0.520. The van der Waals surface area contributed by atoms with Gasteiger partial charge in [0.05, 0.1) is 0 Å². The second kappa shape index (κ2) is 7.15. The molecule has 0 amide bonds. The van der Waals surface area contributed by atoms with Gasteiger partial charge in [-0.25, -0.2) is 0 Å². The molecule has 12 heavy (non-hydrogen) atoms. The highest BCUT2D eigenvalue weighted by Crippen LogP contribution is 2.10. The van der Waals surface area contributed by atoms with E-state index in [9.17, 15) is 0 Å². The zero-order valence-electron chi connectivity index (χ0n) is 8.69. The smallest absolute Gasteiger partial charge is 0.0317 e. The molecule has 0 N–H and O–H groups in total. The number of allylic oxidation sites excluding steroid dienone is 3. The molecule has 69 valence electrons. The summed E-state index contributed by atoms with van der Waals surface area (Å²) < 4.78 is 0. The van der Waals surface area contributed by atoms with Gasteiger partial charge in [-0.3, -0.25) is 0 Å². The lowest BCUT2D eigenvalue weighted by Crippen LogP contribution is -1.80. The average molecular weight is 165 g/mol. The van der Waals surface area contributed by atoms with Gasteiger partial charge in [0.1, 0.15) is 0 Å². The zero-order valence-corrected chi connectivity index (χ0v) is 8.69. The summed E-state index contributed by atoms with van der Waals surface area (Å²) in [4.78, 5) is 0. The van der Waals surface area contributed by atoms with E-state index in [4.69, 9.17) is 6.58 Å². The lowest BCUT2D eigenvalue weighted by atomic mass is 10.1. The maximum absolute atomic E-state index is 5.58. The predicted octanol–water partition coefficient (Wildman–Crippen LogP) is 4.28. The van der Waals surface area contributed by atoms with Crippen molar-refractivity contribution in [3.05, 3.63) is 23.8 Å². The van der Waals surface area contributed by atoms with Gasteiger partial charge in [-0.2, -0.15) is 0 Å². The topological polar surface area (TPSA) is 0 Å². The van der Waals surface area contributed by atoms with Gasteiger partial charge in [0.2, 0.25) is 0 Å². The normalized spacial score (nSPS) is 11.8. The van der Waals surface area contributed by atoms with Gasteiger partial charge < -0.3 is 0 Å². The van der Waals surface area contributed by atoms with Gasteiger partial charge in [0.15, 0.2) is 0 Å². The van der Waals surface area contributed by atoms with Gasteiger partial charge >= 0.3 is 0 Å². The first kappa shape index (κ1) is 11.5. The standard InChI is InChI=1S/C12H21/c1-5-6-9-12(4)10-7-8-11(2)3/h2,9H,5-8,10H2,1,3-4H3. The Morgan fingerprint density at radius 1 is 1.25 bits per heavy atom. The molecule has 0 spiro atoms. The molecule has 1 radical (unpaired) electrons. The van der Waals surface area contributed by atoms with Crippen LogP contribution in [0.25, 0.3) is 0 Å². The molecule has 0 atom stereocenters. The summed E-state index contributed by atoms with van der Waals surface area (Å²) in [5, 5.41) is 0. The van der Waals surface area contributed by atoms with Gasteiger partial charge in [-0.1, -0.05) is 37.1 Å². The van der Waals surface area contributed by atoms with Crippen LogP contribution in [-0.4, -0.2) is 0 Å².